The van der Waals surface area contributed by atoms with Crippen LogP contribution in [-0.4, -0.2) is 17.3 Å². The topological polar surface area (TPSA) is 118 Å². The Morgan fingerprint density at radius 3 is 0.927 bits per heavy atom. The minimum absolute atomic E-state index is 0.160. The van der Waals surface area contributed by atoms with Gasteiger partial charge in [0.05, 0.1) is 0 Å². The first-order valence-electron chi connectivity index (χ1n) is 17.4. The maximum absolute atomic E-state index is 13.7. The number of hydrogen-bond acceptors (Lipinski definition) is 9. The fourth-order valence-corrected chi connectivity index (χ4v) is 9.29. The van der Waals surface area contributed by atoms with Crippen molar-refractivity contribution in [1.29, 1.82) is 0 Å². The van der Waals surface area contributed by atoms with E-state index < -0.39 is 17.3 Å². The monoisotopic (exact) mass is 780 g/mol. The minimum atomic E-state index is -4.22. The molecule has 0 unspecified atom stereocenters. The molecular weight excluding hydrogens is 754 g/mol. The van der Waals surface area contributed by atoms with Gasteiger partial charge < -0.3 is 0 Å². The average Bonchev–Trinajstić information content (AvgIpc) is 3.21. The number of rotatable bonds is 9. The van der Waals surface area contributed by atoms with Crippen LogP contribution in [0.25, 0.3) is 66.9 Å². The van der Waals surface area contributed by atoms with Gasteiger partial charge in [-0.15, -0.1) is 0 Å². The predicted molar refractivity (Wildman–Crippen MR) is 211 cm³/mol. The van der Waals surface area contributed by atoms with Crippen molar-refractivity contribution in [2.24, 2.45) is 0 Å². The molecule has 0 saturated heterocycles. The molecule has 9 nitrogen and oxygen atoms in total. The van der Waals surface area contributed by atoms with Gasteiger partial charge in [-0.25, -0.2) is 0 Å². The SMILES string of the molecule is O=c1cc(-c2ccccc2)oc2cccc([O][Ga]([O]c3cccc4oc(-c5ccccc5)cc(=O)c34)[O]c3cccc4oc(-c5ccccc5)cc(=O)c34)c12. The first-order chi connectivity index (χ1) is 27.0. The van der Waals surface area contributed by atoms with E-state index in [9.17, 15) is 14.4 Å². The zero-order valence-electron chi connectivity index (χ0n) is 28.8. The molecule has 9 rings (SSSR count). The second-order valence-electron chi connectivity index (χ2n) is 12.6. The van der Waals surface area contributed by atoms with Crippen molar-refractivity contribution in [3.05, 3.63) is 194 Å². The van der Waals surface area contributed by atoms with Crippen LogP contribution in [0, 0.1) is 0 Å². The zero-order chi connectivity index (χ0) is 37.3. The molecule has 0 bridgehead atoms. The van der Waals surface area contributed by atoms with Gasteiger partial charge in [-0.3, -0.25) is 0 Å². The Morgan fingerprint density at radius 2 is 0.636 bits per heavy atom. The normalized spacial score (nSPS) is 11.1. The Kier molecular flexibility index (Phi) is 8.87. The van der Waals surface area contributed by atoms with Crippen LogP contribution in [0.1, 0.15) is 0 Å². The fourth-order valence-electron chi connectivity index (χ4n) is 6.45. The van der Waals surface area contributed by atoms with Crippen LogP contribution in [0.15, 0.2) is 191 Å². The van der Waals surface area contributed by atoms with Gasteiger partial charge in [0.1, 0.15) is 0 Å². The molecule has 0 amide bonds. The summed E-state index contributed by atoms with van der Waals surface area (Å²) in [6, 6.07) is 47.2. The average molecular weight is 781 g/mol. The standard InChI is InChI=1S/3C15H10O3.Ga/c3*16-11-7-4-8-13-15(11)12(17)9-14(18-13)10-5-2-1-3-6-10;/h3*1-9,16H;/q;;;+3/p-3. The quantitative estimate of drug-likeness (QED) is 0.132. The summed E-state index contributed by atoms with van der Waals surface area (Å²) in [5.41, 5.74) is 2.10. The first-order valence-corrected chi connectivity index (χ1v) is 20.3. The van der Waals surface area contributed by atoms with E-state index in [-0.39, 0.29) is 49.7 Å². The van der Waals surface area contributed by atoms with E-state index in [4.69, 9.17) is 23.8 Å². The number of benzene rings is 6. The van der Waals surface area contributed by atoms with E-state index in [1.54, 1.807) is 54.6 Å². The van der Waals surface area contributed by atoms with Gasteiger partial charge in [0.2, 0.25) is 0 Å². The Bertz CT molecular complexity index is 2700. The van der Waals surface area contributed by atoms with Gasteiger partial charge in [0, 0.05) is 0 Å². The van der Waals surface area contributed by atoms with E-state index in [1.165, 1.54) is 18.2 Å². The van der Waals surface area contributed by atoms with Crippen LogP contribution in [0.4, 0.5) is 0 Å². The molecule has 0 saturated carbocycles. The molecule has 0 fully saturated rings. The number of fused-ring (bicyclic) bond motifs is 3. The summed E-state index contributed by atoms with van der Waals surface area (Å²) in [5.74, 6) is 1.68. The van der Waals surface area contributed by atoms with Crippen molar-refractivity contribution in [2.75, 3.05) is 0 Å². The molecule has 0 spiro atoms. The Hall–Kier alpha value is -7.01. The second-order valence-corrected chi connectivity index (χ2v) is 15.2. The fraction of sp³-hybridized carbons (Fsp3) is 0. The predicted octanol–water partition coefficient (Wildman–Crippen LogP) is 9.53. The van der Waals surface area contributed by atoms with Crippen molar-refractivity contribution in [2.45, 2.75) is 0 Å². The van der Waals surface area contributed by atoms with Crippen LogP contribution in [0.5, 0.6) is 17.2 Å². The van der Waals surface area contributed by atoms with Crippen molar-refractivity contribution in [1.82, 2.24) is 0 Å². The van der Waals surface area contributed by atoms with Gasteiger partial charge in [-0.1, -0.05) is 0 Å². The molecule has 9 aromatic rings. The Morgan fingerprint density at radius 1 is 0.345 bits per heavy atom. The van der Waals surface area contributed by atoms with Gasteiger partial charge >= 0.3 is 320 Å². The van der Waals surface area contributed by atoms with E-state index in [0.29, 0.717) is 34.0 Å². The van der Waals surface area contributed by atoms with Crippen LogP contribution in [0.3, 0.4) is 0 Å². The van der Waals surface area contributed by atoms with E-state index >= 15 is 0 Å². The molecule has 0 aliphatic rings. The van der Waals surface area contributed by atoms with Crippen LogP contribution in [-0.2, 0) is 0 Å². The summed E-state index contributed by atoms with van der Waals surface area (Å²) in [4.78, 5) is 41.2. The van der Waals surface area contributed by atoms with Gasteiger partial charge in [-0.2, -0.15) is 0 Å². The van der Waals surface area contributed by atoms with Crippen LogP contribution >= 0.6 is 0 Å². The number of hydrogen-bond donors (Lipinski definition) is 0. The summed E-state index contributed by atoms with van der Waals surface area (Å²) in [7, 11) is 0. The maximum atomic E-state index is 13.7. The van der Waals surface area contributed by atoms with E-state index in [1.807, 2.05) is 91.0 Å². The summed E-state index contributed by atoms with van der Waals surface area (Å²) in [5, 5.41) is 0.541. The van der Waals surface area contributed by atoms with Crippen molar-refractivity contribution in [3.63, 3.8) is 0 Å². The molecule has 10 heteroatoms. The summed E-state index contributed by atoms with van der Waals surface area (Å²) >= 11 is -4.22. The van der Waals surface area contributed by atoms with Crippen LogP contribution < -0.4 is 26.9 Å². The molecule has 55 heavy (non-hydrogen) atoms. The molecule has 0 aliphatic heterocycles. The third-order valence-corrected chi connectivity index (χ3v) is 11.8. The van der Waals surface area contributed by atoms with E-state index in [0.717, 1.165) is 16.7 Å². The summed E-state index contributed by atoms with van der Waals surface area (Å²) < 4.78 is 38.2. The molecule has 0 radical (unpaired) electrons. The molecule has 264 valence electrons. The van der Waals surface area contributed by atoms with Crippen LogP contribution in [0.2, 0.25) is 0 Å². The van der Waals surface area contributed by atoms with Crippen molar-refractivity contribution in [3.8, 4) is 51.2 Å². The Balaban J connectivity index is 1.15. The Labute approximate surface area is 318 Å². The summed E-state index contributed by atoms with van der Waals surface area (Å²) in [6.07, 6.45) is 0. The van der Waals surface area contributed by atoms with Gasteiger partial charge in [-0.05, 0) is 0 Å². The molecule has 3 aromatic heterocycles. The van der Waals surface area contributed by atoms with E-state index in [2.05, 4.69) is 0 Å². The third kappa shape index (κ3) is 6.72. The van der Waals surface area contributed by atoms with Crippen molar-refractivity contribution < 1.29 is 23.8 Å². The van der Waals surface area contributed by atoms with Gasteiger partial charge in [0.25, 0.3) is 0 Å². The molecule has 0 atom stereocenters. The molecular formula is C45H27GaO9. The molecule has 6 aromatic carbocycles. The molecule has 0 N–H and O–H groups in total. The zero-order valence-corrected chi connectivity index (χ0v) is 31.3. The third-order valence-electron chi connectivity index (χ3n) is 8.99. The molecule has 0 aliphatic carbocycles. The van der Waals surface area contributed by atoms with Gasteiger partial charge in [0.15, 0.2) is 0 Å². The molecule has 3 heterocycles. The first kappa shape index (κ1) is 33.8. The second kappa shape index (κ2) is 14.4. The summed E-state index contributed by atoms with van der Waals surface area (Å²) in [6.45, 7) is 0. The van der Waals surface area contributed by atoms with Crippen molar-refractivity contribution >= 4 is 50.2 Å².